The molecule has 1 N–H and O–H groups in total. The molecular weight excluding hydrogens is 371 g/mol. The Kier molecular flexibility index (Phi) is 5.43. The van der Waals surface area contributed by atoms with Crippen molar-refractivity contribution in [2.45, 2.75) is 25.8 Å². The van der Waals surface area contributed by atoms with Gasteiger partial charge in [-0.1, -0.05) is 6.07 Å². The lowest BCUT2D eigenvalue weighted by Gasteiger charge is -2.23. The molecule has 0 bridgehead atoms. The van der Waals surface area contributed by atoms with E-state index in [0.29, 0.717) is 19.4 Å². The second-order valence-corrected chi connectivity index (χ2v) is 6.27. The molecule has 0 aliphatic carbocycles. The molecule has 28 heavy (non-hydrogen) atoms. The number of nitrogens with one attached hydrogen (secondary N) is 1. The van der Waals surface area contributed by atoms with Gasteiger partial charge in [0.2, 0.25) is 0 Å². The van der Waals surface area contributed by atoms with Crippen LogP contribution in [0.5, 0.6) is 5.75 Å². The minimum atomic E-state index is -0.892. The maximum Gasteiger partial charge on any atom is 0.328 e. The SMILES string of the molecule is CCOC(=O)[C@@H]1CCCN1C(=O)c1cccc(Nc2c(OC)c(=O)c2=O)c1F. The number of halogens is 1. The third-order valence-electron chi connectivity index (χ3n) is 4.63. The molecule has 3 rings (SSSR count). The van der Waals surface area contributed by atoms with E-state index in [2.05, 4.69) is 5.32 Å². The van der Waals surface area contributed by atoms with Crippen molar-refractivity contribution >= 4 is 23.3 Å². The molecule has 1 fully saturated rings. The average molecular weight is 390 g/mol. The summed E-state index contributed by atoms with van der Waals surface area (Å²) in [6, 6.07) is 3.31. The summed E-state index contributed by atoms with van der Waals surface area (Å²) in [4.78, 5) is 49.3. The molecule has 1 aliphatic rings. The van der Waals surface area contributed by atoms with E-state index in [-0.39, 0.29) is 29.3 Å². The summed E-state index contributed by atoms with van der Waals surface area (Å²) in [6.45, 7) is 2.17. The highest BCUT2D eigenvalue weighted by atomic mass is 19.1. The van der Waals surface area contributed by atoms with Crippen molar-refractivity contribution < 1.29 is 23.5 Å². The van der Waals surface area contributed by atoms with Crippen LogP contribution in [-0.2, 0) is 9.53 Å². The standard InChI is InChI=1S/C19H19FN2O6/c1-3-28-19(26)12-8-5-9-22(12)18(25)10-6-4-7-11(13(10)20)21-14-15(23)16(24)17(14)27-2/h4,6-7,12,21H,3,5,8-9H2,1-2H3/t12-/m0/s1. The van der Waals surface area contributed by atoms with Crippen LogP contribution in [0.1, 0.15) is 30.1 Å². The molecular formula is C19H19FN2O6. The molecule has 8 nitrogen and oxygen atoms in total. The Morgan fingerprint density at radius 3 is 2.71 bits per heavy atom. The number of rotatable bonds is 6. The summed E-state index contributed by atoms with van der Waals surface area (Å²) in [5.41, 5.74) is -2.19. The monoisotopic (exact) mass is 390 g/mol. The predicted octanol–water partition coefficient (Wildman–Crippen LogP) is 1.34. The molecule has 1 heterocycles. The van der Waals surface area contributed by atoms with Crippen molar-refractivity contribution in [3.05, 3.63) is 50.0 Å². The molecule has 1 atom stereocenters. The maximum atomic E-state index is 14.9. The molecule has 0 spiro atoms. The van der Waals surface area contributed by atoms with Gasteiger partial charge in [-0.3, -0.25) is 14.4 Å². The fourth-order valence-electron chi connectivity index (χ4n) is 3.26. The summed E-state index contributed by atoms with van der Waals surface area (Å²) < 4.78 is 24.7. The lowest BCUT2D eigenvalue weighted by molar-refractivity contribution is -0.147. The zero-order chi connectivity index (χ0) is 20.4. The van der Waals surface area contributed by atoms with Crippen LogP contribution in [0.4, 0.5) is 15.8 Å². The first-order chi connectivity index (χ1) is 13.4. The number of likely N-dealkylation sites (tertiary alicyclic amines) is 1. The van der Waals surface area contributed by atoms with Crippen LogP contribution in [0, 0.1) is 5.82 Å². The first-order valence-corrected chi connectivity index (χ1v) is 8.81. The van der Waals surface area contributed by atoms with Crippen molar-refractivity contribution in [3.8, 4) is 5.75 Å². The third kappa shape index (κ3) is 3.23. The number of hydrogen-bond acceptors (Lipinski definition) is 7. The predicted molar refractivity (Wildman–Crippen MR) is 98.3 cm³/mol. The Bertz CT molecular complexity index is 995. The fraction of sp³-hybridized carbons (Fsp3) is 0.368. The van der Waals surface area contributed by atoms with E-state index in [9.17, 15) is 23.6 Å². The summed E-state index contributed by atoms with van der Waals surface area (Å²) in [5.74, 6) is -2.25. The smallest absolute Gasteiger partial charge is 0.328 e. The lowest BCUT2D eigenvalue weighted by Crippen LogP contribution is -2.41. The van der Waals surface area contributed by atoms with E-state index in [1.807, 2.05) is 0 Å². The third-order valence-corrected chi connectivity index (χ3v) is 4.63. The summed E-state index contributed by atoms with van der Waals surface area (Å²) in [6.07, 6.45) is 1.06. The summed E-state index contributed by atoms with van der Waals surface area (Å²) in [7, 11) is 1.22. The number of anilines is 2. The van der Waals surface area contributed by atoms with Crippen LogP contribution in [0.3, 0.4) is 0 Å². The van der Waals surface area contributed by atoms with Gasteiger partial charge in [-0.15, -0.1) is 0 Å². The van der Waals surface area contributed by atoms with Crippen LogP contribution in [0.25, 0.3) is 0 Å². The van der Waals surface area contributed by atoms with Gasteiger partial charge >= 0.3 is 5.97 Å². The van der Waals surface area contributed by atoms with Gasteiger partial charge in [0.1, 0.15) is 11.7 Å². The lowest BCUT2D eigenvalue weighted by atomic mass is 10.1. The van der Waals surface area contributed by atoms with Gasteiger partial charge in [0.25, 0.3) is 16.8 Å². The maximum absolute atomic E-state index is 14.9. The summed E-state index contributed by atoms with van der Waals surface area (Å²) in [5, 5.41) is 2.51. The molecule has 0 saturated carbocycles. The Morgan fingerprint density at radius 2 is 2.04 bits per heavy atom. The summed E-state index contributed by atoms with van der Waals surface area (Å²) >= 11 is 0. The fourth-order valence-corrected chi connectivity index (χ4v) is 3.26. The molecule has 0 unspecified atom stereocenters. The van der Waals surface area contributed by atoms with Crippen molar-refractivity contribution in [2.75, 3.05) is 25.6 Å². The van der Waals surface area contributed by atoms with Crippen LogP contribution in [0.15, 0.2) is 27.8 Å². The van der Waals surface area contributed by atoms with Gasteiger partial charge in [0.05, 0.1) is 25.0 Å². The number of benzene rings is 1. The zero-order valence-electron chi connectivity index (χ0n) is 15.4. The molecule has 9 heteroatoms. The number of carbonyl (C=O) groups excluding carboxylic acids is 2. The number of nitrogens with zero attached hydrogens (tertiary/aromatic N) is 1. The van der Waals surface area contributed by atoms with E-state index >= 15 is 0 Å². The van der Waals surface area contributed by atoms with Crippen molar-refractivity contribution in [3.63, 3.8) is 0 Å². The highest BCUT2D eigenvalue weighted by Gasteiger charge is 2.36. The van der Waals surface area contributed by atoms with Crippen molar-refractivity contribution in [2.24, 2.45) is 0 Å². The largest absolute Gasteiger partial charge is 0.491 e. The normalized spacial score (nSPS) is 16.2. The van der Waals surface area contributed by atoms with Gasteiger partial charge in [-0.05, 0) is 31.9 Å². The van der Waals surface area contributed by atoms with Gasteiger partial charge in [0.15, 0.2) is 11.6 Å². The van der Waals surface area contributed by atoms with E-state index in [0.717, 1.165) is 0 Å². The van der Waals surface area contributed by atoms with E-state index < -0.39 is 34.6 Å². The second-order valence-electron chi connectivity index (χ2n) is 6.27. The highest BCUT2D eigenvalue weighted by molar-refractivity contribution is 5.98. The second kappa shape index (κ2) is 7.79. The van der Waals surface area contributed by atoms with E-state index in [4.69, 9.17) is 9.47 Å². The van der Waals surface area contributed by atoms with E-state index in [1.54, 1.807) is 6.92 Å². The molecule has 1 saturated heterocycles. The van der Waals surface area contributed by atoms with Gasteiger partial charge < -0.3 is 19.7 Å². The van der Waals surface area contributed by atoms with Crippen molar-refractivity contribution in [1.29, 1.82) is 0 Å². The molecule has 1 aliphatic heterocycles. The Labute approximate surface area is 159 Å². The first-order valence-electron chi connectivity index (χ1n) is 8.81. The topological polar surface area (TPSA) is 102 Å². The molecule has 1 amide bonds. The average Bonchev–Trinajstić information content (AvgIpc) is 3.18. The number of ether oxygens (including phenoxy) is 2. The van der Waals surface area contributed by atoms with Gasteiger partial charge in [-0.2, -0.15) is 0 Å². The van der Waals surface area contributed by atoms with Gasteiger partial charge in [-0.25, -0.2) is 9.18 Å². The Morgan fingerprint density at radius 1 is 1.29 bits per heavy atom. The molecule has 0 radical (unpaired) electrons. The van der Waals surface area contributed by atoms with Gasteiger partial charge in [0, 0.05) is 6.54 Å². The quantitative estimate of drug-likeness (QED) is 0.587. The van der Waals surface area contributed by atoms with E-state index in [1.165, 1.54) is 30.2 Å². The number of carbonyl (C=O) groups is 2. The van der Waals surface area contributed by atoms with Crippen molar-refractivity contribution in [1.82, 2.24) is 4.90 Å². The first kappa shape index (κ1) is 19.5. The van der Waals surface area contributed by atoms with Crippen LogP contribution in [-0.4, -0.2) is 43.1 Å². The Balaban J connectivity index is 1.87. The number of hydrogen-bond donors (Lipinski definition) is 1. The van der Waals surface area contributed by atoms with Crippen LogP contribution in [0.2, 0.25) is 0 Å². The highest BCUT2D eigenvalue weighted by Crippen LogP contribution is 2.28. The molecule has 148 valence electrons. The Hall–Kier alpha value is -3.23. The molecule has 0 aromatic heterocycles. The zero-order valence-corrected chi connectivity index (χ0v) is 15.4. The van der Waals surface area contributed by atoms with Crippen LogP contribution < -0.4 is 20.9 Å². The minimum absolute atomic E-state index is 0.150. The number of amides is 1. The molecule has 2 aromatic carbocycles. The van der Waals surface area contributed by atoms with Crippen LogP contribution >= 0.6 is 0 Å². The number of methoxy groups -OCH3 is 1. The molecule has 2 aromatic rings. The number of esters is 1. The minimum Gasteiger partial charge on any atom is -0.491 e.